The van der Waals surface area contributed by atoms with E-state index in [0.717, 1.165) is 0 Å². The second-order valence-electron chi connectivity index (χ2n) is 2.10. The van der Waals surface area contributed by atoms with Crippen LogP contribution in [0.25, 0.3) is 0 Å². The molecule has 0 aliphatic carbocycles. The first-order valence-corrected chi connectivity index (χ1v) is 3.26. The number of hydrogen-bond donors (Lipinski definition) is 2. The first kappa shape index (κ1) is 9.39. The monoisotopic (exact) mass is 146 g/mol. The summed E-state index contributed by atoms with van der Waals surface area (Å²) in [5, 5.41) is 8.91. The minimum absolute atomic E-state index is 0.0107. The topological polar surface area (TPSA) is 66.6 Å². The zero-order chi connectivity index (χ0) is 8.15. The first-order valence-electron chi connectivity index (χ1n) is 3.26. The normalized spacial score (nSPS) is 12.8. The molecule has 0 heterocycles. The highest BCUT2D eigenvalue weighted by Crippen LogP contribution is 1.88. The van der Waals surface area contributed by atoms with Crippen LogP contribution < -0.4 is 5.73 Å². The Balaban J connectivity index is 3.82. The van der Waals surface area contributed by atoms with Crippen molar-refractivity contribution in [1.82, 2.24) is 4.90 Å². The van der Waals surface area contributed by atoms with E-state index >= 15 is 0 Å². The highest BCUT2D eigenvalue weighted by Gasteiger charge is 2.15. The molecule has 0 aliphatic heterocycles. The van der Waals surface area contributed by atoms with Crippen molar-refractivity contribution >= 4 is 5.91 Å². The zero-order valence-electron chi connectivity index (χ0n) is 6.37. The van der Waals surface area contributed by atoms with Crippen LogP contribution in [0.1, 0.15) is 6.92 Å². The quantitative estimate of drug-likeness (QED) is 0.524. The molecule has 60 valence electrons. The maximum atomic E-state index is 10.9. The molecule has 0 aliphatic rings. The van der Waals surface area contributed by atoms with Crippen molar-refractivity contribution in [3.63, 3.8) is 0 Å². The van der Waals surface area contributed by atoms with Gasteiger partial charge in [0.1, 0.15) is 6.10 Å². The van der Waals surface area contributed by atoms with Crippen LogP contribution in [0.2, 0.25) is 0 Å². The summed E-state index contributed by atoms with van der Waals surface area (Å²) in [6, 6.07) is 0. The fourth-order valence-electron chi connectivity index (χ4n) is 0.511. The van der Waals surface area contributed by atoms with Gasteiger partial charge >= 0.3 is 0 Å². The van der Waals surface area contributed by atoms with Gasteiger partial charge in [-0.25, -0.2) is 0 Å². The predicted molar refractivity (Wildman–Crippen MR) is 38.4 cm³/mol. The number of nitrogens with two attached hydrogens (primary N) is 1. The number of likely N-dealkylation sites (N-methyl/N-ethyl adjacent to an activating group) is 1. The minimum Gasteiger partial charge on any atom is -0.382 e. The van der Waals surface area contributed by atoms with E-state index in [4.69, 9.17) is 10.8 Å². The molecular weight excluding hydrogens is 132 g/mol. The molecule has 0 saturated heterocycles. The van der Waals surface area contributed by atoms with Gasteiger partial charge in [-0.05, 0) is 6.92 Å². The number of aliphatic hydroxyl groups is 1. The minimum atomic E-state index is -1.04. The summed E-state index contributed by atoms with van der Waals surface area (Å²) in [7, 11) is 1.63. The molecule has 1 unspecified atom stereocenters. The van der Waals surface area contributed by atoms with E-state index in [2.05, 4.69) is 0 Å². The number of nitrogens with zero attached hydrogens (tertiary/aromatic N) is 1. The second-order valence-corrected chi connectivity index (χ2v) is 2.10. The SMILES string of the molecule is CCN(C)C(=O)C(O)CN. The fraction of sp³-hybridized carbons (Fsp3) is 0.833. The van der Waals surface area contributed by atoms with E-state index in [1.54, 1.807) is 7.05 Å². The average molecular weight is 146 g/mol. The third-order valence-corrected chi connectivity index (χ3v) is 1.36. The van der Waals surface area contributed by atoms with Gasteiger partial charge in [0.2, 0.25) is 0 Å². The van der Waals surface area contributed by atoms with Gasteiger partial charge in [0.05, 0.1) is 0 Å². The van der Waals surface area contributed by atoms with Gasteiger partial charge in [-0.3, -0.25) is 4.79 Å². The molecule has 1 amide bonds. The lowest BCUT2D eigenvalue weighted by molar-refractivity contribution is -0.138. The van der Waals surface area contributed by atoms with Crippen molar-refractivity contribution in [1.29, 1.82) is 0 Å². The number of hydrogen-bond acceptors (Lipinski definition) is 3. The molecule has 10 heavy (non-hydrogen) atoms. The van der Waals surface area contributed by atoms with E-state index in [1.807, 2.05) is 6.92 Å². The van der Waals surface area contributed by atoms with Gasteiger partial charge in [0.25, 0.3) is 5.91 Å². The Morgan fingerprint density at radius 1 is 1.80 bits per heavy atom. The molecule has 0 bridgehead atoms. The van der Waals surface area contributed by atoms with Crippen LogP contribution in [0.3, 0.4) is 0 Å². The van der Waals surface area contributed by atoms with Crippen molar-refractivity contribution in [2.45, 2.75) is 13.0 Å². The van der Waals surface area contributed by atoms with Gasteiger partial charge in [0, 0.05) is 20.1 Å². The van der Waals surface area contributed by atoms with Crippen LogP contribution in [-0.4, -0.2) is 42.2 Å². The predicted octanol–water partition coefficient (Wildman–Crippen LogP) is -1.22. The van der Waals surface area contributed by atoms with Crippen molar-refractivity contribution < 1.29 is 9.90 Å². The molecule has 0 aromatic rings. The van der Waals surface area contributed by atoms with Gasteiger partial charge in [0.15, 0.2) is 0 Å². The first-order chi connectivity index (χ1) is 4.63. The van der Waals surface area contributed by atoms with Gasteiger partial charge in [-0.15, -0.1) is 0 Å². The van der Waals surface area contributed by atoms with E-state index in [-0.39, 0.29) is 12.5 Å². The van der Waals surface area contributed by atoms with Crippen molar-refractivity contribution in [2.24, 2.45) is 5.73 Å². The Kier molecular flexibility index (Phi) is 3.99. The number of aliphatic hydroxyl groups excluding tert-OH is 1. The van der Waals surface area contributed by atoms with Gasteiger partial charge < -0.3 is 15.7 Å². The molecule has 0 radical (unpaired) electrons. The molecule has 3 N–H and O–H groups in total. The summed E-state index contributed by atoms with van der Waals surface area (Å²) in [5.41, 5.74) is 5.07. The molecule has 0 saturated carbocycles. The van der Waals surface area contributed by atoms with E-state index in [0.29, 0.717) is 6.54 Å². The van der Waals surface area contributed by atoms with Crippen molar-refractivity contribution in [3.8, 4) is 0 Å². The number of carbonyl (C=O) groups excluding carboxylic acids is 1. The lowest BCUT2D eigenvalue weighted by Gasteiger charge is -2.17. The number of amides is 1. The van der Waals surface area contributed by atoms with E-state index < -0.39 is 6.10 Å². The standard InChI is InChI=1S/C6H14N2O2/c1-3-8(2)6(10)5(9)4-7/h5,9H,3-4,7H2,1-2H3. The summed E-state index contributed by atoms with van der Waals surface area (Å²) < 4.78 is 0. The Labute approximate surface area is 60.6 Å². The number of carbonyl (C=O) groups is 1. The van der Waals surface area contributed by atoms with Crippen LogP contribution in [0.5, 0.6) is 0 Å². The summed E-state index contributed by atoms with van der Waals surface area (Å²) >= 11 is 0. The van der Waals surface area contributed by atoms with Crippen LogP contribution >= 0.6 is 0 Å². The molecule has 0 rings (SSSR count). The second kappa shape index (κ2) is 4.24. The largest absolute Gasteiger partial charge is 0.382 e. The maximum absolute atomic E-state index is 10.9. The third kappa shape index (κ3) is 2.33. The van der Waals surface area contributed by atoms with E-state index in [1.165, 1.54) is 4.90 Å². The van der Waals surface area contributed by atoms with Crippen LogP contribution in [0.4, 0.5) is 0 Å². The van der Waals surface area contributed by atoms with Gasteiger partial charge in [-0.1, -0.05) is 0 Å². The molecule has 0 fully saturated rings. The Morgan fingerprint density at radius 3 is 2.60 bits per heavy atom. The summed E-state index contributed by atoms with van der Waals surface area (Å²) in [6.07, 6.45) is -1.04. The van der Waals surface area contributed by atoms with Gasteiger partial charge in [-0.2, -0.15) is 0 Å². The van der Waals surface area contributed by atoms with Crippen molar-refractivity contribution in [2.75, 3.05) is 20.1 Å². The smallest absolute Gasteiger partial charge is 0.252 e. The summed E-state index contributed by atoms with van der Waals surface area (Å²) in [5.74, 6) is -0.315. The fourth-order valence-corrected chi connectivity index (χ4v) is 0.511. The maximum Gasteiger partial charge on any atom is 0.252 e. The molecule has 0 aromatic heterocycles. The lowest BCUT2D eigenvalue weighted by Crippen LogP contribution is -2.40. The summed E-state index contributed by atoms with van der Waals surface area (Å²) in [6.45, 7) is 2.42. The lowest BCUT2D eigenvalue weighted by atomic mass is 10.3. The molecule has 4 nitrogen and oxygen atoms in total. The highest BCUT2D eigenvalue weighted by molar-refractivity contribution is 5.80. The Morgan fingerprint density at radius 2 is 2.30 bits per heavy atom. The average Bonchev–Trinajstić information content (AvgIpc) is 2.00. The van der Waals surface area contributed by atoms with E-state index in [9.17, 15) is 4.79 Å². The molecule has 0 spiro atoms. The Hall–Kier alpha value is -0.610. The highest BCUT2D eigenvalue weighted by atomic mass is 16.3. The Bertz CT molecular complexity index is 104. The molecule has 4 heteroatoms. The van der Waals surface area contributed by atoms with Crippen molar-refractivity contribution in [3.05, 3.63) is 0 Å². The third-order valence-electron chi connectivity index (χ3n) is 1.36. The molecular formula is C6H14N2O2. The van der Waals surface area contributed by atoms with Crippen LogP contribution in [-0.2, 0) is 4.79 Å². The zero-order valence-corrected chi connectivity index (χ0v) is 6.37. The summed E-state index contributed by atoms with van der Waals surface area (Å²) in [4.78, 5) is 12.3. The number of rotatable bonds is 3. The van der Waals surface area contributed by atoms with Crippen LogP contribution in [0.15, 0.2) is 0 Å². The van der Waals surface area contributed by atoms with Crippen LogP contribution in [0, 0.1) is 0 Å². The molecule has 1 atom stereocenters. The molecule has 0 aromatic carbocycles.